The van der Waals surface area contributed by atoms with Gasteiger partial charge in [0.2, 0.25) is 10.0 Å². The molecule has 0 aliphatic carbocycles. The predicted molar refractivity (Wildman–Crippen MR) is 102 cm³/mol. The van der Waals surface area contributed by atoms with Crippen molar-refractivity contribution in [3.63, 3.8) is 0 Å². The second kappa shape index (κ2) is 6.80. The lowest BCUT2D eigenvalue weighted by Gasteiger charge is -2.07. The largest absolute Gasteiger partial charge is 0.364 e. The van der Waals surface area contributed by atoms with E-state index in [1.807, 2.05) is 0 Å². The summed E-state index contributed by atoms with van der Waals surface area (Å²) in [5.41, 5.74) is 2.58. The van der Waals surface area contributed by atoms with Gasteiger partial charge in [0.25, 0.3) is 0 Å². The molecule has 2 heterocycles. The van der Waals surface area contributed by atoms with E-state index in [1.54, 1.807) is 24.3 Å². The molecule has 144 valence electrons. The van der Waals surface area contributed by atoms with Crippen LogP contribution in [0.25, 0.3) is 21.9 Å². The second-order valence-electron chi connectivity index (χ2n) is 6.36. The zero-order valence-corrected chi connectivity index (χ0v) is 15.2. The lowest BCUT2D eigenvalue weighted by Crippen LogP contribution is -2.14. The molecule has 28 heavy (non-hydrogen) atoms. The van der Waals surface area contributed by atoms with Crippen molar-refractivity contribution in [2.75, 3.05) is 5.32 Å². The highest BCUT2D eigenvalue weighted by molar-refractivity contribution is 7.88. The average Bonchev–Trinajstić information content (AvgIpc) is 2.98. The van der Waals surface area contributed by atoms with Gasteiger partial charge >= 0.3 is 0 Å². The van der Waals surface area contributed by atoms with E-state index in [0.717, 1.165) is 11.6 Å². The zero-order chi connectivity index (χ0) is 19.9. The molecule has 0 spiro atoms. The topological polar surface area (TPSA) is 114 Å². The van der Waals surface area contributed by atoms with Crippen molar-refractivity contribution in [1.82, 2.24) is 15.0 Å². The summed E-state index contributed by atoms with van der Waals surface area (Å²) in [7, 11) is -3.58. The highest BCUT2D eigenvalue weighted by Gasteiger charge is 2.15. The van der Waals surface area contributed by atoms with Gasteiger partial charge in [0.1, 0.15) is 29.0 Å². The third-order valence-corrected chi connectivity index (χ3v) is 4.99. The van der Waals surface area contributed by atoms with Crippen LogP contribution in [0.4, 0.5) is 14.6 Å². The van der Waals surface area contributed by atoms with Gasteiger partial charge in [0.15, 0.2) is 5.82 Å². The molecule has 4 aromatic rings. The molecule has 0 aliphatic heterocycles. The first-order valence-corrected chi connectivity index (χ1v) is 9.95. The van der Waals surface area contributed by atoms with Crippen molar-refractivity contribution in [2.24, 2.45) is 5.14 Å². The van der Waals surface area contributed by atoms with Crippen molar-refractivity contribution in [3.8, 4) is 0 Å². The minimum absolute atomic E-state index is 0.203. The molecule has 0 saturated heterocycles. The molecule has 0 unspecified atom stereocenters. The molecule has 4 rings (SSSR count). The van der Waals surface area contributed by atoms with E-state index in [0.29, 0.717) is 34.5 Å². The Morgan fingerprint density at radius 1 is 1.07 bits per heavy atom. The van der Waals surface area contributed by atoms with Crippen LogP contribution in [-0.2, 0) is 22.3 Å². The number of nitrogens with zero attached hydrogens (tertiary/aromatic N) is 2. The quantitative estimate of drug-likeness (QED) is 0.474. The first-order valence-electron chi connectivity index (χ1n) is 8.24. The Balaban J connectivity index is 1.61. The van der Waals surface area contributed by atoms with Gasteiger partial charge in [-0.2, -0.15) is 0 Å². The van der Waals surface area contributed by atoms with Gasteiger partial charge in [0.05, 0.1) is 16.7 Å². The summed E-state index contributed by atoms with van der Waals surface area (Å²) in [5, 5.41) is 8.37. The number of nitrogens with two attached hydrogens (primary N) is 1. The van der Waals surface area contributed by atoms with Gasteiger partial charge in [-0.25, -0.2) is 32.3 Å². The summed E-state index contributed by atoms with van der Waals surface area (Å²) in [5.74, 6) is -1.17. The van der Waals surface area contributed by atoms with Crippen LogP contribution >= 0.6 is 0 Å². The fraction of sp³-hybridized carbons (Fsp3) is 0.111. The van der Waals surface area contributed by atoms with Gasteiger partial charge in [-0.05, 0) is 17.2 Å². The van der Waals surface area contributed by atoms with Crippen LogP contribution in [0.2, 0.25) is 0 Å². The van der Waals surface area contributed by atoms with E-state index in [9.17, 15) is 17.2 Å². The monoisotopic (exact) mass is 403 g/mol. The van der Waals surface area contributed by atoms with Crippen molar-refractivity contribution in [1.29, 1.82) is 0 Å². The number of hydrogen-bond acceptors (Lipinski definition) is 5. The van der Waals surface area contributed by atoms with Gasteiger partial charge in [-0.3, -0.25) is 0 Å². The highest BCUT2D eigenvalue weighted by atomic mass is 32.2. The minimum atomic E-state index is -3.58. The van der Waals surface area contributed by atoms with Crippen LogP contribution in [0, 0.1) is 11.6 Å². The molecule has 0 radical (unpaired) electrons. The molecule has 4 N–H and O–H groups in total. The van der Waals surface area contributed by atoms with Crippen LogP contribution in [0.1, 0.15) is 11.1 Å². The molecule has 0 bridgehead atoms. The van der Waals surface area contributed by atoms with Gasteiger partial charge in [-0.15, -0.1) is 0 Å². The van der Waals surface area contributed by atoms with E-state index in [4.69, 9.17) is 5.14 Å². The molecular weight excluding hydrogens is 388 g/mol. The van der Waals surface area contributed by atoms with E-state index < -0.39 is 21.7 Å². The minimum Gasteiger partial charge on any atom is -0.364 e. The number of fused-ring (bicyclic) bond motifs is 3. The van der Waals surface area contributed by atoms with Crippen molar-refractivity contribution >= 4 is 37.8 Å². The summed E-state index contributed by atoms with van der Waals surface area (Å²) in [4.78, 5) is 11.2. The Morgan fingerprint density at radius 2 is 1.79 bits per heavy atom. The lowest BCUT2D eigenvalue weighted by molar-refractivity contribution is 0.592. The highest BCUT2D eigenvalue weighted by Crippen LogP contribution is 2.30. The number of H-pyrrole nitrogens is 1. The fourth-order valence-corrected chi connectivity index (χ4v) is 3.70. The van der Waals surface area contributed by atoms with Crippen LogP contribution in [0.5, 0.6) is 0 Å². The van der Waals surface area contributed by atoms with Gasteiger partial charge in [-0.1, -0.05) is 24.3 Å². The first-order chi connectivity index (χ1) is 13.3. The molecule has 2 aromatic heterocycles. The predicted octanol–water partition coefficient (Wildman–Crippen LogP) is 2.79. The molecule has 2 aromatic carbocycles. The maximum absolute atomic E-state index is 14.2. The number of aromatic amines is 1. The van der Waals surface area contributed by atoms with E-state index in [1.165, 1.54) is 12.4 Å². The summed E-state index contributed by atoms with van der Waals surface area (Å²) >= 11 is 0. The van der Waals surface area contributed by atoms with Crippen molar-refractivity contribution < 1.29 is 17.2 Å². The Morgan fingerprint density at radius 3 is 2.50 bits per heavy atom. The summed E-state index contributed by atoms with van der Waals surface area (Å²) in [6, 6.07) is 8.91. The Bertz CT molecular complexity index is 1290. The number of sulfonamides is 1. The van der Waals surface area contributed by atoms with Crippen LogP contribution < -0.4 is 10.5 Å². The van der Waals surface area contributed by atoms with E-state index in [2.05, 4.69) is 20.3 Å². The third kappa shape index (κ3) is 3.64. The van der Waals surface area contributed by atoms with Crippen molar-refractivity contribution in [3.05, 3.63) is 65.5 Å². The molecule has 0 fully saturated rings. The third-order valence-electron chi connectivity index (χ3n) is 4.25. The number of halogens is 2. The van der Waals surface area contributed by atoms with Crippen LogP contribution in [0.3, 0.4) is 0 Å². The standard InChI is InChI=1S/C18H15F2N5O2S/c19-12-5-13(20)15-14(6-12)25-17-16(15)23-9-24-18(17)22-7-10-1-3-11(4-2-10)8-28(21,26)27/h1-6,9,25H,7-8H2,(H2,21,26,27)(H,22,23,24). The number of anilines is 1. The number of hydrogen-bond donors (Lipinski definition) is 3. The molecule has 0 atom stereocenters. The maximum Gasteiger partial charge on any atom is 0.213 e. The number of aromatic nitrogens is 3. The summed E-state index contributed by atoms with van der Waals surface area (Å²) in [6.45, 7) is 0.383. The number of benzene rings is 2. The smallest absolute Gasteiger partial charge is 0.213 e. The zero-order valence-electron chi connectivity index (χ0n) is 14.4. The van der Waals surface area contributed by atoms with E-state index >= 15 is 0 Å². The second-order valence-corrected chi connectivity index (χ2v) is 7.97. The number of primary sulfonamides is 1. The number of rotatable bonds is 5. The van der Waals surface area contributed by atoms with Crippen LogP contribution in [0.15, 0.2) is 42.7 Å². The van der Waals surface area contributed by atoms with Gasteiger partial charge < -0.3 is 10.3 Å². The maximum atomic E-state index is 14.2. The molecular formula is C18H15F2N5O2S. The van der Waals surface area contributed by atoms with Gasteiger partial charge in [0, 0.05) is 12.6 Å². The van der Waals surface area contributed by atoms with E-state index in [-0.39, 0.29) is 11.1 Å². The molecule has 0 aliphatic rings. The number of nitrogens with one attached hydrogen (secondary N) is 2. The SMILES string of the molecule is NS(=O)(=O)Cc1ccc(CNc2ncnc3c2[nH]c2cc(F)cc(F)c23)cc1. The Kier molecular flexibility index (Phi) is 4.44. The lowest BCUT2D eigenvalue weighted by atomic mass is 10.1. The first kappa shape index (κ1) is 18.3. The average molecular weight is 403 g/mol. The Hall–Kier alpha value is -3.11. The molecule has 0 saturated carbocycles. The Labute approximate surface area is 158 Å². The summed E-state index contributed by atoms with van der Waals surface area (Å²) in [6.07, 6.45) is 1.30. The van der Waals surface area contributed by atoms with Crippen molar-refractivity contribution in [2.45, 2.75) is 12.3 Å². The normalized spacial score (nSPS) is 12.0. The fourth-order valence-electron chi connectivity index (χ4n) is 3.05. The molecule has 7 nitrogen and oxygen atoms in total. The molecule has 0 amide bonds. The summed E-state index contributed by atoms with van der Waals surface area (Å²) < 4.78 is 49.9. The molecule has 10 heteroatoms. The van der Waals surface area contributed by atoms with Crippen LogP contribution in [-0.4, -0.2) is 23.4 Å².